The van der Waals surface area contributed by atoms with Crippen LogP contribution in [0.25, 0.3) is 0 Å². The Morgan fingerprint density at radius 2 is 1.70 bits per heavy atom. The zero-order valence-electron chi connectivity index (χ0n) is 18.8. The molecule has 33 heavy (non-hydrogen) atoms. The van der Waals surface area contributed by atoms with Crippen LogP contribution in [0.15, 0.2) is 66.0 Å². The molecule has 3 aromatic rings. The number of likely N-dealkylation sites (tertiary alicyclic amines) is 1. The van der Waals surface area contributed by atoms with Gasteiger partial charge in [-0.2, -0.15) is 0 Å². The lowest BCUT2D eigenvalue weighted by Crippen LogP contribution is -2.36. The Morgan fingerprint density at radius 3 is 2.33 bits per heavy atom. The molecule has 2 aromatic carbocycles. The van der Waals surface area contributed by atoms with Gasteiger partial charge in [0.15, 0.2) is 0 Å². The Kier molecular flexibility index (Phi) is 7.75. The van der Waals surface area contributed by atoms with Crippen molar-refractivity contribution < 1.29 is 14.3 Å². The number of hydrogen-bond donors (Lipinski definition) is 2. The van der Waals surface area contributed by atoms with Crippen LogP contribution >= 0.6 is 11.3 Å². The molecule has 0 bridgehead atoms. The van der Waals surface area contributed by atoms with E-state index >= 15 is 0 Å². The van der Waals surface area contributed by atoms with E-state index in [0.29, 0.717) is 23.5 Å². The molecule has 0 saturated carbocycles. The number of ether oxygens (including phenoxy) is 1. The lowest BCUT2D eigenvalue weighted by atomic mass is 10.0. The summed E-state index contributed by atoms with van der Waals surface area (Å²) in [6.07, 6.45) is 2.37. The molecular weight excluding hydrogens is 434 g/mol. The predicted molar refractivity (Wildman–Crippen MR) is 131 cm³/mol. The van der Waals surface area contributed by atoms with E-state index < -0.39 is 0 Å². The molecule has 1 unspecified atom stereocenters. The number of carbonyl (C=O) groups excluding carboxylic acids is 2. The molecule has 0 spiro atoms. The molecule has 2 N–H and O–H groups in total. The fourth-order valence-electron chi connectivity index (χ4n) is 4.08. The standard InChI is InChI=1S/C26H29N3O3S/c1-32-22-12-10-20(11-13-22)23(29-14-2-3-15-29)18-28-25(30)21-8-6-19(7-9-21)17-27-26(31)24-5-4-16-33-24/h4-13,16,23H,2-3,14-15,17-18H2,1H3,(H,27,31)(H,28,30). The molecule has 172 valence electrons. The van der Waals surface area contributed by atoms with Crippen LogP contribution in [0.5, 0.6) is 5.75 Å². The van der Waals surface area contributed by atoms with E-state index in [0.717, 1.165) is 24.4 Å². The maximum absolute atomic E-state index is 12.8. The smallest absolute Gasteiger partial charge is 0.261 e. The maximum atomic E-state index is 12.8. The van der Waals surface area contributed by atoms with Gasteiger partial charge in [0.2, 0.25) is 0 Å². The minimum atomic E-state index is -0.0955. The normalized spacial score (nSPS) is 14.6. The summed E-state index contributed by atoms with van der Waals surface area (Å²) >= 11 is 1.41. The molecule has 1 atom stereocenters. The third-order valence-electron chi connectivity index (χ3n) is 5.95. The van der Waals surface area contributed by atoms with Gasteiger partial charge in [-0.1, -0.05) is 30.3 Å². The van der Waals surface area contributed by atoms with Crippen molar-refractivity contribution in [2.75, 3.05) is 26.7 Å². The average molecular weight is 464 g/mol. The van der Waals surface area contributed by atoms with Gasteiger partial charge in [-0.25, -0.2) is 0 Å². The quantitative estimate of drug-likeness (QED) is 0.498. The third-order valence-corrected chi connectivity index (χ3v) is 6.82. The van der Waals surface area contributed by atoms with E-state index in [-0.39, 0.29) is 17.9 Å². The van der Waals surface area contributed by atoms with Crippen molar-refractivity contribution >= 4 is 23.2 Å². The van der Waals surface area contributed by atoms with Crippen molar-refractivity contribution in [2.45, 2.75) is 25.4 Å². The van der Waals surface area contributed by atoms with Gasteiger partial charge in [-0.15, -0.1) is 11.3 Å². The second-order valence-corrected chi connectivity index (χ2v) is 9.05. The number of carbonyl (C=O) groups is 2. The number of nitrogens with zero attached hydrogens (tertiary/aromatic N) is 1. The predicted octanol–water partition coefficient (Wildman–Crippen LogP) is 4.25. The Balaban J connectivity index is 1.34. The molecule has 0 radical (unpaired) electrons. The zero-order valence-corrected chi connectivity index (χ0v) is 19.6. The Morgan fingerprint density at radius 1 is 0.970 bits per heavy atom. The summed E-state index contributed by atoms with van der Waals surface area (Å²) in [5.74, 6) is 0.648. The Labute approximate surface area is 198 Å². The van der Waals surface area contributed by atoms with Crippen LogP contribution in [0.2, 0.25) is 0 Å². The number of rotatable bonds is 9. The minimum Gasteiger partial charge on any atom is -0.497 e. The summed E-state index contributed by atoms with van der Waals surface area (Å²) in [6, 6.07) is 19.3. The molecule has 1 aromatic heterocycles. The van der Waals surface area contributed by atoms with Crippen molar-refractivity contribution in [3.63, 3.8) is 0 Å². The highest BCUT2D eigenvalue weighted by Crippen LogP contribution is 2.26. The first-order valence-electron chi connectivity index (χ1n) is 11.2. The summed E-state index contributed by atoms with van der Waals surface area (Å²) in [6.45, 7) is 3.05. The number of thiophene rings is 1. The van der Waals surface area contributed by atoms with E-state index in [1.54, 1.807) is 25.3 Å². The average Bonchev–Trinajstić information content (AvgIpc) is 3.58. The first kappa shape index (κ1) is 23.0. The number of methoxy groups -OCH3 is 1. The fourth-order valence-corrected chi connectivity index (χ4v) is 4.72. The molecule has 2 amide bonds. The van der Waals surface area contributed by atoms with E-state index in [4.69, 9.17) is 4.74 Å². The Bertz CT molecular complexity index is 1040. The van der Waals surface area contributed by atoms with Gasteiger partial charge in [0.1, 0.15) is 5.75 Å². The lowest BCUT2D eigenvalue weighted by Gasteiger charge is -2.28. The first-order chi connectivity index (χ1) is 16.1. The highest BCUT2D eigenvalue weighted by molar-refractivity contribution is 7.12. The van der Waals surface area contributed by atoms with Crippen LogP contribution in [-0.2, 0) is 6.54 Å². The van der Waals surface area contributed by atoms with Gasteiger partial charge >= 0.3 is 0 Å². The molecule has 1 fully saturated rings. The monoisotopic (exact) mass is 463 g/mol. The molecule has 0 aliphatic carbocycles. The van der Waals surface area contributed by atoms with Gasteiger partial charge < -0.3 is 15.4 Å². The van der Waals surface area contributed by atoms with E-state index in [1.807, 2.05) is 35.7 Å². The van der Waals surface area contributed by atoms with Crippen LogP contribution in [0, 0.1) is 0 Å². The summed E-state index contributed by atoms with van der Waals surface area (Å²) in [4.78, 5) is 28.0. The fraction of sp³-hybridized carbons (Fsp3) is 0.308. The van der Waals surface area contributed by atoms with E-state index in [1.165, 1.54) is 29.7 Å². The largest absolute Gasteiger partial charge is 0.497 e. The highest BCUT2D eigenvalue weighted by Gasteiger charge is 2.24. The second-order valence-electron chi connectivity index (χ2n) is 8.10. The zero-order chi connectivity index (χ0) is 23.0. The van der Waals surface area contributed by atoms with Gasteiger partial charge in [0.05, 0.1) is 18.0 Å². The lowest BCUT2D eigenvalue weighted by molar-refractivity contribution is 0.0934. The molecule has 1 saturated heterocycles. The van der Waals surface area contributed by atoms with E-state index in [9.17, 15) is 9.59 Å². The summed E-state index contributed by atoms with van der Waals surface area (Å²) < 4.78 is 5.28. The van der Waals surface area contributed by atoms with Crippen LogP contribution in [0.4, 0.5) is 0 Å². The van der Waals surface area contributed by atoms with Gasteiger partial charge in [-0.3, -0.25) is 14.5 Å². The van der Waals surface area contributed by atoms with Crippen LogP contribution in [-0.4, -0.2) is 43.5 Å². The van der Waals surface area contributed by atoms with Crippen molar-refractivity contribution in [1.29, 1.82) is 0 Å². The number of hydrogen-bond acceptors (Lipinski definition) is 5. The number of amides is 2. The summed E-state index contributed by atoms with van der Waals surface area (Å²) in [5, 5.41) is 7.90. The van der Waals surface area contributed by atoms with Gasteiger partial charge in [-0.05, 0) is 72.8 Å². The molecule has 1 aliphatic rings. The highest BCUT2D eigenvalue weighted by atomic mass is 32.1. The van der Waals surface area contributed by atoms with Crippen molar-refractivity contribution in [2.24, 2.45) is 0 Å². The van der Waals surface area contributed by atoms with Crippen molar-refractivity contribution in [1.82, 2.24) is 15.5 Å². The van der Waals surface area contributed by atoms with Crippen LogP contribution < -0.4 is 15.4 Å². The minimum absolute atomic E-state index is 0.0849. The van der Waals surface area contributed by atoms with Crippen molar-refractivity contribution in [3.8, 4) is 5.75 Å². The second kappa shape index (κ2) is 11.1. The topological polar surface area (TPSA) is 70.7 Å². The molecular formula is C26H29N3O3S. The summed E-state index contributed by atoms with van der Waals surface area (Å²) in [7, 11) is 1.66. The summed E-state index contributed by atoms with van der Waals surface area (Å²) in [5.41, 5.74) is 2.73. The molecule has 4 rings (SSSR count). The van der Waals surface area contributed by atoms with E-state index in [2.05, 4.69) is 27.7 Å². The third kappa shape index (κ3) is 6.00. The molecule has 2 heterocycles. The molecule has 7 heteroatoms. The number of benzene rings is 2. The van der Waals surface area contributed by atoms with Gasteiger partial charge in [0.25, 0.3) is 11.8 Å². The molecule has 6 nitrogen and oxygen atoms in total. The number of nitrogens with one attached hydrogen (secondary N) is 2. The maximum Gasteiger partial charge on any atom is 0.261 e. The van der Waals surface area contributed by atoms with Crippen molar-refractivity contribution in [3.05, 3.63) is 87.6 Å². The Hall–Kier alpha value is -3.16. The first-order valence-corrected chi connectivity index (χ1v) is 12.1. The molecule has 1 aliphatic heterocycles. The SMILES string of the molecule is COc1ccc(C(CNC(=O)c2ccc(CNC(=O)c3cccs3)cc2)N2CCCC2)cc1. The van der Waals surface area contributed by atoms with Crippen LogP contribution in [0.1, 0.15) is 50.0 Å². The van der Waals surface area contributed by atoms with Gasteiger partial charge in [0, 0.05) is 18.7 Å². The van der Waals surface area contributed by atoms with Crippen LogP contribution in [0.3, 0.4) is 0 Å².